The zero-order chi connectivity index (χ0) is 30.9. The number of alkyl halides is 3. The first kappa shape index (κ1) is 31.7. The molecule has 0 radical (unpaired) electrons. The molecule has 6 rings (SSSR count). The number of methoxy groups -OCH3 is 1. The van der Waals surface area contributed by atoms with Crippen LogP contribution in [0.4, 0.5) is 13.2 Å². The third-order valence-corrected chi connectivity index (χ3v) is 10.7. The highest BCUT2D eigenvalue weighted by molar-refractivity contribution is 5.86. The van der Waals surface area contributed by atoms with Crippen LogP contribution in [0.15, 0.2) is 12.3 Å². The average molecular weight is 623 g/mol. The van der Waals surface area contributed by atoms with Gasteiger partial charge in [-0.3, -0.25) is 19.5 Å². The molecular weight excluding hydrogens is 577 g/mol. The van der Waals surface area contributed by atoms with Crippen LogP contribution in [-0.4, -0.2) is 110 Å². The first-order valence-corrected chi connectivity index (χ1v) is 16.2. The molecule has 1 aromatic rings. The van der Waals surface area contributed by atoms with E-state index in [2.05, 4.69) is 9.88 Å². The maximum atomic E-state index is 14.5. The number of hydrogen-bond donors (Lipinski definition) is 0. The summed E-state index contributed by atoms with van der Waals surface area (Å²) in [4.78, 5) is 38.0. The lowest BCUT2D eigenvalue weighted by atomic mass is 9.78. The number of pyridine rings is 1. The summed E-state index contributed by atoms with van der Waals surface area (Å²) in [7, 11) is 1.72. The van der Waals surface area contributed by atoms with Crippen molar-refractivity contribution >= 4 is 11.8 Å². The van der Waals surface area contributed by atoms with Crippen LogP contribution in [0.5, 0.6) is 0 Å². The molecule has 12 heteroatoms. The number of hydrogen-bond acceptors (Lipinski definition) is 7. The second-order valence-corrected chi connectivity index (χ2v) is 13.4. The Balaban J connectivity index is 1.17. The number of likely N-dealkylation sites (tertiary alicyclic amines) is 1. The van der Waals surface area contributed by atoms with Gasteiger partial charge >= 0.3 is 6.18 Å². The summed E-state index contributed by atoms with van der Waals surface area (Å²) in [6, 6.07) is 1.14. The van der Waals surface area contributed by atoms with Crippen LogP contribution in [0.1, 0.15) is 55.3 Å². The van der Waals surface area contributed by atoms with Gasteiger partial charge in [0.2, 0.25) is 11.8 Å². The fourth-order valence-corrected chi connectivity index (χ4v) is 8.43. The maximum absolute atomic E-state index is 14.5. The number of carbonyl (C=O) groups is 2. The van der Waals surface area contributed by atoms with E-state index in [1.807, 2.05) is 4.90 Å². The van der Waals surface area contributed by atoms with Crippen molar-refractivity contribution < 1.29 is 37.0 Å². The highest BCUT2D eigenvalue weighted by atomic mass is 19.4. The molecule has 0 aromatic carbocycles. The van der Waals surface area contributed by atoms with E-state index in [1.54, 1.807) is 12.0 Å². The van der Waals surface area contributed by atoms with Crippen molar-refractivity contribution in [3.63, 3.8) is 0 Å². The Kier molecular flexibility index (Phi) is 9.52. The smallest absolute Gasteiger partial charge is 0.379 e. The molecule has 1 saturated carbocycles. The zero-order valence-corrected chi connectivity index (χ0v) is 25.7. The molecule has 3 saturated heterocycles. The third kappa shape index (κ3) is 6.64. The van der Waals surface area contributed by atoms with Crippen LogP contribution in [0.25, 0.3) is 0 Å². The lowest BCUT2D eigenvalue weighted by Crippen LogP contribution is -2.49. The van der Waals surface area contributed by atoms with E-state index in [1.165, 1.54) is 0 Å². The summed E-state index contributed by atoms with van der Waals surface area (Å²) in [5, 5.41) is 0. The lowest BCUT2D eigenvalue weighted by Gasteiger charge is -2.37. The number of halogens is 3. The summed E-state index contributed by atoms with van der Waals surface area (Å²) >= 11 is 0. The van der Waals surface area contributed by atoms with Crippen molar-refractivity contribution in [3.8, 4) is 0 Å². The maximum Gasteiger partial charge on any atom is 0.417 e. The molecule has 9 nitrogen and oxygen atoms in total. The fourth-order valence-electron chi connectivity index (χ4n) is 8.43. The molecule has 0 bridgehead atoms. The van der Waals surface area contributed by atoms with E-state index < -0.39 is 17.2 Å². The number of carbonyl (C=O) groups excluding carboxylic acids is 2. The Labute approximate surface area is 257 Å². The number of nitrogens with zero attached hydrogens (tertiary/aromatic N) is 4. The molecular formula is C32H45F3N4O5. The van der Waals surface area contributed by atoms with E-state index in [9.17, 15) is 22.8 Å². The van der Waals surface area contributed by atoms with Gasteiger partial charge in [0.1, 0.15) is 0 Å². The topological polar surface area (TPSA) is 84.4 Å². The predicted octanol–water partition coefficient (Wildman–Crippen LogP) is 3.39. The number of ether oxygens (including phenoxy) is 3. The van der Waals surface area contributed by atoms with Gasteiger partial charge in [0.15, 0.2) is 0 Å². The Morgan fingerprint density at radius 2 is 1.95 bits per heavy atom. The standard InChI is InChI=1S/C32H45F3N4O5/c1-42-28-20-44-10-5-23(28)13-22-14-26-19-39(29(40)3-2-6-37-8-11-43-12-9-37)21-31(26,16-22)30(41)38-7-4-27-24(18-38)15-25(17-36-27)32(33,34)35/h15,17,22-23,26,28H,2-14,16,18-21H2,1H3/t22-,23?,26+,28?,31+/m1/s1. The minimum atomic E-state index is -4.49. The molecule has 0 spiro atoms. The van der Waals surface area contributed by atoms with Crippen molar-refractivity contribution in [1.82, 2.24) is 19.7 Å². The highest BCUT2D eigenvalue weighted by Gasteiger charge is 2.59. The van der Waals surface area contributed by atoms with Gasteiger partial charge in [0, 0.05) is 77.7 Å². The highest BCUT2D eigenvalue weighted by Crippen LogP contribution is 2.54. The van der Waals surface area contributed by atoms with E-state index in [0.717, 1.165) is 70.8 Å². The van der Waals surface area contributed by atoms with E-state index in [0.29, 0.717) is 75.2 Å². The number of morpholine rings is 1. The molecule has 5 aliphatic rings. The van der Waals surface area contributed by atoms with Gasteiger partial charge < -0.3 is 24.0 Å². The number of rotatable bonds is 8. The Morgan fingerprint density at radius 1 is 1.14 bits per heavy atom. The molecule has 44 heavy (non-hydrogen) atoms. The number of fused-ring (bicyclic) bond motifs is 2. The van der Waals surface area contributed by atoms with E-state index >= 15 is 0 Å². The van der Waals surface area contributed by atoms with Crippen LogP contribution in [0.3, 0.4) is 0 Å². The molecule has 1 aliphatic carbocycles. The SMILES string of the molecule is COC1COCCC1C[C@@H]1C[C@H]2CN(C(=O)CCCN3CCOCC3)C[C@@]2(C(=O)N2CCc3ncc(C(F)(F)F)cc3C2)C1. The second kappa shape index (κ2) is 13.2. The Morgan fingerprint density at radius 3 is 2.73 bits per heavy atom. The first-order valence-electron chi connectivity index (χ1n) is 16.2. The third-order valence-electron chi connectivity index (χ3n) is 10.7. The summed E-state index contributed by atoms with van der Waals surface area (Å²) in [6.45, 7) is 6.83. The van der Waals surface area contributed by atoms with E-state index in [4.69, 9.17) is 14.2 Å². The molecule has 0 N–H and O–H groups in total. The normalized spacial score (nSPS) is 31.2. The van der Waals surface area contributed by atoms with Gasteiger partial charge in [-0.05, 0) is 68.0 Å². The summed E-state index contributed by atoms with van der Waals surface area (Å²) < 4.78 is 57.1. The summed E-state index contributed by atoms with van der Waals surface area (Å²) in [6.07, 6.45) is 1.48. The van der Waals surface area contributed by atoms with Crippen LogP contribution < -0.4 is 0 Å². The van der Waals surface area contributed by atoms with Crippen LogP contribution in [0, 0.1) is 23.2 Å². The predicted molar refractivity (Wildman–Crippen MR) is 154 cm³/mol. The Hall–Kier alpha value is -2.28. The number of amides is 2. The Bertz CT molecular complexity index is 1190. The molecule has 2 unspecified atom stereocenters. The van der Waals surface area contributed by atoms with Gasteiger partial charge in [-0.2, -0.15) is 13.2 Å². The first-order chi connectivity index (χ1) is 21.2. The van der Waals surface area contributed by atoms with Crippen molar-refractivity contribution in [3.05, 3.63) is 29.1 Å². The minimum absolute atomic E-state index is 0.0213. The molecule has 4 aliphatic heterocycles. The zero-order valence-electron chi connectivity index (χ0n) is 25.7. The molecule has 244 valence electrons. The largest absolute Gasteiger partial charge is 0.417 e. The van der Waals surface area contributed by atoms with Gasteiger partial charge in [-0.25, -0.2) is 0 Å². The summed E-state index contributed by atoms with van der Waals surface area (Å²) in [5.74, 6) is 0.774. The van der Waals surface area contributed by atoms with Gasteiger partial charge in [0.05, 0.1) is 36.9 Å². The van der Waals surface area contributed by atoms with Crippen molar-refractivity contribution in [2.45, 2.75) is 63.8 Å². The second-order valence-electron chi connectivity index (χ2n) is 13.4. The van der Waals surface area contributed by atoms with E-state index in [-0.39, 0.29) is 30.4 Å². The van der Waals surface area contributed by atoms with Gasteiger partial charge in [-0.1, -0.05) is 0 Å². The van der Waals surface area contributed by atoms with Gasteiger partial charge in [0.25, 0.3) is 0 Å². The molecule has 2 amide bonds. The average Bonchev–Trinajstić information content (AvgIpc) is 3.55. The van der Waals surface area contributed by atoms with Crippen LogP contribution in [-0.2, 0) is 42.9 Å². The molecule has 5 atom stereocenters. The van der Waals surface area contributed by atoms with Crippen molar-refractivity contribution in [1.29, 1.82) is 0 Å². The van der Waals surface area contributed by atoms with Crippen LogP contribution in [0.2, 0.25) is 0 Å². The molecule has 1 aromatic heterocycles. The monoisotopic (exact) mass is 622 g/mol. The summed E-state index contributed by atoms with van der Waals surface area (Å²) in [5.41, 5.74) is -0.429. The van der Waals surface area contributed by atoms with Crippen molar-refractivity contribution in [2.75, 3.05) is 72.8 Å². The fraction of sp³-hybridized carbons (Fsp3) is 0.781. The van der Waals surface area contributed by atoms with Crippen molar-refractivity contribution in [2.24, 2.45) is 23.2 Å². The minimum Gasteiger partial charge on any atom is -0.379 e. The quantitative estimate of drug-likeness (QED) is 0.440. The number of aromatic nitrogens is 1. The lowest BCUT2D eigenvalue weighted by molar-refractivity contribution is -0.144. The van der Waals surface area contributed by atoms with Gasteiger partial charge in [-0.15, -0.1) is 0 Å². The van der Waals surface area contributed by atoms with Crippen LogP contribution >= 0.6 is 0 Å². The molecule has 5 heterocycles. The molecule has 4 fully saturated rings.